The molecule has 0 saturated heterocycles. The third-order valence-electron chi connectivity index (χ3n) is 4.86. The van der Waals surface area contributed by atoms with Gasteiger partial charge in [-0.25, -0.2) is 0 Å². The molecule has 3 rings (SSSR count). The van der Waals surface area contributed by atoms with Crippen molar-refractivity contribution in [2.75, 3.05) is 6.54 Å². The van der Waals surface area contributed by atoms with Gasteiger partial charge in [-0.2, -0.15) is 0 Å². The number of benzene rings is 1. The van der Waals surface area contributed by atoms with Crippen molar-refractivity contribution in [1.29, 1.82) is 0 Å². The van der Waals surface area contributed by atoms with E-state index in [4.69, 9.17) is 0 Å². The third kappa shape index (κ3) is 1.99. The lowest BCUT2D eigenvalue weighted by Gasteiger charge is -2.38. The van der Waals surface area contributed by atoms with Gasteiger partial charge < -0.3 is 10.4 Å². The Balaban J connectivity index is 1.67. The molecule has 1 amide bonds. The normalized spacial score (nSPS) is 21.6. The van der Waals surface area contributed by atoms with Gasteiger partial charge in [0.25, 0.3) is 0 Å². The highest BCUT2D eigenvalue weighted by Gasteiger charge is 2.52. The summed E-state index contributed by atoms with van der Waals surface area (Å²) in [5, 5.41) is 12.2. The topological polar surface area (TPSA) is 66.4 Å². The molecule has 2 N–H and O–H groups in total. The van der Waals surface area contributed by atoms with Crippen LogP contribution >= 0.6 is 0 Å². The van der Waals surface area contributed by atoms with Crippen molar-refractivity contribution in [3.05, 3.63) is 35.9 Å². The predicted molar refractivity (Wildman–Crippen MR) is 74.3 cm³/mol. The highest BCUT2D eigenvalue weighted by Crippen LogP contribution is 2.48. The van der Waals surface area contributed by atoms with E-state index in [1.807, 2.05) is 30.3 Å². The molecule has 0 aliphatic heterocycles. The van der Waals surface area contributed by atoms with Gasteiger partial charge in [-0.3, -0.25) is 9.59 Å². The smallest absolute Gasteiger partial charge is 0.311 e. The summed E-state index contributed by atoms with van der Waals surface area (Å²) in [7, 11) is 0. The Morgan fingerprint density at radius 3 is 2.20 bits per heavy atom. The zero-order chi connectivity index (χ0) is 14.2. The van der Waals surface area contributed by atoms with Gasteiger partial charge in [-0.1, -0.05) is 36.8 Å². The number of amides is 1. The molecule has 4 heteroatoms. The summed E-state index contributed by atoms with van der Waals surface area (Å²) in [5.74, 6) is -0.801. The molecule has 106 valence electrons. The van der Waals surface area contributed by atoms with E-state index in [9.17, 15) is 14.7 Å². The first kappa shape index (κ1) is 13.2. The molecule has 0 aromatic heterocycles. The summed E-state index contributed by atoms with van der Waals surface area (Å²) < 4.78 is 0. The molecule has 1 aromatic rings. The van der Waals surface area contributed by atoms with Crippen LogP contribution in [0.15, 0.2) is 30.3 Å². The maximum Gasteiger partial charge on any atom is 0.311 e. The number of carbonyl (C=O) groups is 2. The molecule has 0 unspecified atom stereocenters. The van der Waals surface area contributed by atoms with Crippen molar-refractivity contribution in [1.82, 2.24) is 5.32 Å². The number of aliphatic carboxylic acids is 1. The average molecular weight is 273 g/mol. The molecular weight excluding hydrogens is 254 g/mol. The van der Waals surface area contributed by atoms with Crippen molar-refractivity contribution in [2.24, 2.45) is 5.41 Å². The van der Waals surface area contributed by atoms with Gasteiger partial charge in [0.15, 0.2) is 0 Å². The summed E-state index contributed by atoms with van der Waals surface area (Å²) in [4.78, 5) is 23.7. The van der Waals surface area contributed by atoms with Crippen LogP contribution in [0.4, 0.5) is 0 Å². The van der Waals surface area contributed by atoms with Crippen LogP contribution in [0, 0.1) is 5.41 Å². The summed E-state index contributed by atoms with van der Waals surface area (Å²) in [6.07, 6.45) is 3.97. The van der Waals surface area contributed by atoms with E-state index < -0.39 is 16.8 Å². The quantitative estimate of drug-likeness (QED) is 0.863. The third-order valence-corrected chi connectivity index (χ3v) is 4.86. The Hall–Kier alpha value is -1.84. The standard InChI is InChI=1S/C16H19NO3/c18-13(17-11-15(14(19)20)7-4-8-15)16(9-10-16)12-5-2-1-3-6-12/h1-3,5-6H,4,7-11H2,(H,17,18)(H,19,20). The molecule has 2 aliphatic carbocycles. The van der Waals surface area contributed by atoms with Crippen molar-refractivity contribution in [3.63, 3.8) is 0 Å². The summed E-state index contributed by atoms with van der Waals surface area (Å²) in [5.41, 5.74) is -0.0943. The van der Waals surface area contributed by atoms with Gasteiger partial charge in [-0.05, 0) is 31.2 Å². The number of nitrogens with one attached hydrogen (secondary N) is 1. The lowest BCUT2D eigenvalue weighted by Crippen LogP contribution is -2.49. The molecule has 2 saturated carbocycles. The Labute approximate surface area is 118 Å². The molecule has 2 fully saturated rings. The number of rotatable bonds is 5. The van der Waals surface area contributed by atoms with E-state index >= 15 is 0 Å². The minimum atomic E-state index is -0.784. The Kier molecular flexibility index (Phi) is 3.04. The highest BCUT2D eigenvalue weighted by atomic mass is 16.4. The fraction of sp³-hybridized carbons (Fsp3) is 0.500. The van der Waals surface area contributed by atoms with Gasteiger partial charge in [0.2, 0.25) is 5.91 Å². The predicted octanol–water partition coefficient (Wildman–Crippen LogP) is 2.09. The molecule has 0 radical (unpaired) electrons. The zero-order valence-electron chi connectivity index (χ0n) is 11.4. The maximum atomic E-state index is 12.4. The Bertz CT molecular complexity index is 530. The number of hydrogen-bond donors (Lipinski definition) is 2. The second kappa shape index (κ2) is 4.62. The van der Waals surface area contributed by atoms with Gasteiger partial charge >= 0.3 is 5.97 Å². The molecular formula is C16H19NO3. The summed E-state index contributed by atoms with van der Waals surface area (Å²) in [6.45, 7) is 0.260. The van der Waals surface area contributed by atoms with Gasteiger partial charge in [-0.15, -0.1) is 0 Å². The van der Waals surface area contributed by atoms with Crippen LogP contribution < -0.4 is 5.32 Å². The van der Waals surface area contributed by atoms with Crippen LogP contribution in [0.25, 0.3) is 0 Å². The largest absolute Gasteiger partial charge is 0.481 e. The van der Waals surface area contributed by atoms with Crippen LogP contribution in [0.2, 0.25) is 0 Å². The molecule has 4 nitrogen and oxygen atoms in total. The second-order valence-electron chi connectivity index (χ2n) is 6.07. The zero-order valence-corrected chi connectivity index (χ0v) is 11.4. The first-order valence-corrected chi connectivity index (χ1v) is 7.16. The fourth-order valence-electron chi connectivity index (χ4n) is 3.02. The Morgan fingerprint density at radius 2 is 1.75 bits per heavy atom. The minimum Gasteiger partial charge on any atom is -0.481 e. The average Bonchev–Trinajstić information content (AvgIpc) is 3.19. The molecule has 2 aliphatic rings. The second-order valence-corrected chi connectivity index (χ2v) is 6.07. The summed E-state index contributed by atoms with van der Waals surface area (Å²) in [6, 6.07) is 9.76. The van der Waals surface area contributed by atoms with Gasteiger partial charge in [0, 0.05) is 6.54 Å². The molecule has 1 aromatic carbocycles. The fourth-order valence-corrected chi connectivity index (χ4v) is 3.02. The number of carboxylic acid groups (broad SMARTS) is 1. The number of hydrogen-bond acceptors (Lipinski definition) is 2. The van der Waals surface area contributed by atoms with Gasteiger partial charge in [0.05, 0.1) is 10.8 Å². The van der Waals surface area contributed by atoms with Crippen LogP contribution in [-0.4, -0.2) is 23.5 Å². The van der Waals surface area contributed by atoms with E-state index in [2.05, 4.69) is 5.32 Å². The van der Waals surface area contributed by atoms with Crippen LogP contribution in [0.3, 0.4) is 0 Å². The molecule has 0 bridgehead atoms. The molecule has 0 spiro atoms. The van der Waals surface area contributed by atoms with Crippen molar-refractivity contribution in [2.45, 2.75) is 37.5 Å². The van der Waals surface area contributed by atoms with Crippen molar-refractivity contribution in [3.8, 4) is 0 Å². The van der Waals surface area contributed by atoms with Crippen LogP contribution in [-0.2, 0) is 15.0 Å². The molecule has 0 heterocycles. The number of carboxylic acids is 1. The monoisotopic (exact) mass is 273 g/mol. The van der Waals surface area contributed by atoms with E-state index in [-0.39, 0.29) is 12.5 Å². The lowest BCUT2D eigenvalue weighted by atomic mass is 9.68. The Morgan fingerprint density at radius 1 is 1.10 bits per heavy atom. The van der Waals surface area contributed by atoms with Crippen LogP contribution in [0.5, 0.6) is 0 Å². The van der Waals surface area contributed by atoms with E-state index in [1.54, 1.807) is 0 Å². The van der Waals surface area contributed by atoms with Crippen molar-refractivity contribution >= 4 is 11.9 Å². The minimum absolute atomic E-state index is 0.0174. The molecule has 20 heavy (non-hydrogen) atoms. The molecule has 0 atom stereocenters. The van der Waals surface area contributed by atoms with Crippen molar-refractivity contribution < 1.29 is 14.7 Å². The lowest BCUT2D eigenvalue weighted by molar-refractivity contribution is -0.154. The van der Waals surface area contributed by atoms with E-state index in [1.165, 1.54) is 0 Å². The van der Waals surface area contributed by atoms with E-state index in [0.717, 1.165) is 24.8 Å². The SMILES string of the molecule is O=C(O)C1(CNC(=O)C2(c3ccccc3)CC2)CCC1. The number of carbonyl (C=O) groups excluding carboxylic acids is 1. The highest BCUT2D eigenvalue weighted by molar-refractivity contribution is 5.91. The first-order chi connectivity index (χ1) is 9.59. The van der Waals surface area contributed by atoms with Gasteiger partial charge in [0.1, 0.15) is 0 Å². The maximum absolute atomic E-state index is 12.4. The van der Waals surface area contributed by atoms with E-state index in [0.29, 0.717) is 12.8 Å². The summed E-state index contributed by atoms with van der Waals surface area (Å²) >= 11 is 0. The van der Waals surface area contributed by atoms with Crippen LogP contribution in [0.1, 0.15) is 37.7 Å². The first-order valence-electron chi connectivity index (χ1n) is 7.16.